The third-order valence-corrected chi connectivity index (χ3v) is 6.26. The van der Waals surface area contributed by atoms with Crippen molar-refractivity contribution in [3.63, 3.8) is 0 Å². The van der Waals surface area contributed by atoms with Gasteiger partial charge in [-0.2, -0.15) is 0 Å². The number of benzene rings is 2. The van der Waals surface area contributed by atoms with Gasteiger partial charge in [0.25, 0.3) is 5.56 Å². The Morgan fingerprint density at radius 1 is 1.29 bits per heavy atom. The molecule has 4 rings (SSSR count). The van der Waals surface area contributed by atoms with E-state index in [1.54, 1.807) is 36.4 Å². The summed E-state index contributed by atoms with van der Waals surface area (Å²) in [4.78, 5) is 43.5. The Hall–Kier alpha value is -3.04. The lowest BCUT2D eigenvalue weighted by molar-refractivity contribution is -0.124. The number of nitrogens with zero attached hydrogens (tertiary/aromatic N) is 3. The molecule has 1 N–H and O–H groups in total. The van der Waals surface area contributed by atoms with Crippen molar-refractivity contribution in [1.29, 1.82) is 0 Å². The molecule has 0 unspecified atom stereocenters. The lowest BCUT2D eigenvalue weighted by Gasteiger charge is -2.17. The molecule has 2 heterocycles. The number of rotatable bonds is 5. The van der Waals surface area contributed by atoms with E-state index in [1.807, 2.05) is 6.92 Å². The fourth-order valence-corrected chi connectivity index (χ4v) is 4.36. The van der Waals surface area contributed by atoms with Crippen LogP contribution in [0.15, 0.2) is 46.3 Å². The van der Waals surface area contributed by atoms with Crippen molar-refractivity contribution in [2.45, 2.75) is 12.1 Å². The number of carbonyl (C=O) groups excluding carboxylic acids is 2. The SMILES string of the molecule is COc1cc(Cl)c(C)cc1-n1c(SCC(=O)N2CCNC2=O)nc2ccccc2c1=O. The second kappa shape index (κ2) is 8.60. The van der Waals surface area contributed by atoms with Crippen LogP contribution < -0.4 is 15.6 Å². The highest BCUT2D eigenvalue weighted by atomic mass is 35.5. The minimum Gasteiger partial charge on any atom is -0.495 e. The first-order valence-corrected chi connectivity index (χ1v) is 10.8. The van der Waals surface area contributed by atoms with Gasteiger partial charge in [-0.3, -0.25) is 19.1 Å². The molecule has 1 saturated heterocycles. The topological polar surface area (TPSA) is 93.5 Å². The highest BCUT2D eigenvalue weighted by Crippen LogP contribution is 2.32. The number of urea groups is 1. The van der Waals surface area contributed by atoms with E-state index in [9.17, 15) is 14.4 Å². The van der Waals surface area contributed by atoms with Crippen molar-refractivity contribution in [1.82, 2.24) is 19.8 Å². The molecule has 31 heavy (non-hydrogen) atoms. The molecule has 1 fully saturated rings. The predicted octanol–water partition coefficient (Wildman–Crippen LogP) is 3.00. The van der Waals surface area contributed by atoms with Gasteiger partial charge in [0.15, 0.2) is 5.16 Å². The van der Waals surface area contributed by atoms with Gasteiger partial charge in [0, 0.05) is 24.2 Å². The number of methoxy groups -OCH3 is 1. The molecule has 3 amide bonds. The molecule has 0 aliphatic carbocycles. The number of hydrogen-bond donors (Lipinski definition) is 1. The molecule has 2 aromatic carbocycles. The molecular weight excluding hydrogens is 440 g/mol. The van der Waals surface area contributed by atoms with Gasteiger partial charge < -0.3 is 10.1 Å². The Morgan fingerprint density at radius 3 is 2.77 bits per heavy atom. The van der Waals surface area contributed by atoms with Crippen LogP contribution in [0.5, 0.6) is 5.75 Å². The average Bonchev–Trinajstić information content (AvgIpc) is 3.20. The number of imide groups is 1. The Kier molecular flexibility index (Phi) is 5.88. The summed E-state index contributed by atoms with van der Waals surface area (Å²) < 4.78 is 6.89. The van der Waals surface area contributed by atoms with E-state index in [4.69, 9.17) is 16.3 Å². The predicted molar refractivity (Wildman–Crippen MR) is 119 cm³/mol. The summed E-state index contributed by atoms with van der Waals surface area (Å²) in [6.45, 7) is 2.57. The van der Waals surface area contributed by atoms with E-state index in [0.29, 0.717) is 45.6 Å². The molecule has 160 valence electrons. The minimum atomic E-state index is -0.413. The van der Waals surface area contributed by atoms with Crippen LogP contribution in [0.2, 0.25) is 5.02 Å². The van der Waals surface area contributed by atoms with E-state index in [2.05, 4.69) is 10.3 Å². The number of hydrogen-bond acceptors (Lipinski definition) is 6. The smallest absolute Gasteiger partial charge is 0.324 e. The molecule has 0 saturated carbocycles. The van der Waals surface area contributed by atoms with Crippen molar-refractivity contribution in [3.05, 3.63) is 57.3 Å². The number of nitrogens with one attached hydrogen (secondary N) is 1. The van der Waals surface area contributed by atoms with Crippen molar-refractivity contribution in [3.8, 4) is 11.4 Å². The van der Waals surface area contributed by atoms with Gasteiger partial charge >= 0.3 is 6.03 Å². The first kappa shape index (κ1) is 21.2. The van der Waals surface area contributed by atoms with Gasteiger partial charge in [0.2, 0.25) is 5.91 Å². The summed E-state index contributed by atoms with van der Waals surface area (Å²) >= 11 is 7.33. The van der Waals surface area contributed by atoms with E-state index in [-0.39, 0.29) is 17.2 Å². The monoisotopic (exact) mass is 458 g/mol. The summed E-state index contributed by atoms with van der Waals surface area (Å²) in [6, 6.07) is 9.98. The molecule has 8 nitrogen and oxygen atoms in total. The van der Waals surface area contributed by atoms with Crippen LogP contribution in [0.25, 0.3) is 16.6 Å². The maximum Gasteiger partial charge on any atom is 0.324 e. The van der Waals surface area contributed by atoms with Gasteiger partial charge in [-0.15, -0.1) is 0 Å². The van der Waals surface area contributed by atoms with Crippen LogP contribution in [0.4, 0.5) is 4.79 Å². The van der Waals surface area contributed by atoms with Gasteiger partial charge in [0.05, 0.1) is 29.5 Å². The fourth-order valence-electron chi connectivity index (χ4n) is 3.32. The van der Waals surface area contributed by atoms with Crippen LogP contribution >= 0.6 is 23.4 Å². The third-order valence-electron chi connectivity index (χ3n) is 4.93. The Bertz CT molecular complexity index is 1260. The quantitative estimate of drug-likeness (QED) is 0.466. The molecule has 0 radical (unpaired) electrons. The largest absolute Gasteiger partial charge is 0.495 e. The lowest BCUT2D eigenvalue weighted by atomic mass is 10.2. The lowest BCUT2D eigenvalue weighted by Crippen LogP contribution is -2.35. The number of carbonyl (C=O) groups is 2. The van der Waals surface area contributed by atoms with Crippen LogP contribution in [0.1, 0.15) is 5.56 Å². The maximum absolute atomic E-state index is 13.4. The molecule has 1 aliphatic rings. The third kappa shape index (κ3) is 3.98. The first-order chi connectivity index (χ1) is 14.9. The van der Waals surface area contributed by atoms with Gasteiger partial charge in [-0.1, -0.05) is 35.5 Å². The Labute approximate surface area is 187 Å². The summed E-state index contributed by atoms with van der Waals surface area (Å²) in [5.41, 5.74) is 1.46. The molecular formula is C21H19ClN4O4S. The molecule has 1 aromatic heterocycles. The summed E-state index contributed by atoms with van der Waals surface area (Å²) in [7, 11) is 1.49. The van der Waals surface area contributed by atoms with Gasteiger partial charge in [0.1, 0.15) is 5.75 Å². The van der Waals surface area contributed by atoms with E-state index in [1.165, 1.54) is 11.7 Å². The van der Waals surface area contributed by atoms with Crippen molar-refractivity contribution in [2.24, 2.45) is 0 Å². The minimum absolute atomic E-state index is 0.0485. The normalized spacial score (nSPS) is 13.5. The number of ether oxygens (including phenoxy) is 1. The Balaban J connectivity index is 1.83. The average molecular weight is 459 g/mol. The first-order valence-electron chi connectivity index (χ1n) is 9.48. The highest BCUT2D eigenvalue weighted by molar-refractivity contribution is 7.99. The molecule has 0 spiro atoms. The van der Waals surface area contributed by atoms with Crippen LogP contribution in [-0.4, -0.2) is 52.3 Å². The van der Waals surface area contributed by atoms with Crippen LogP contribution in [0.3, 0.4) is 0 Å². The van der Waals surface area contributed by atoms with E-state index >= 15 is 0 Å². The molecule has 3 aromatic rings. The number of halogens is 1. The molecule has 10 heteroatoms. The fraction of sp³-hybridized carbons (Fsp3) is 0.238. The maximum atomic E-state index is 13.4. The molecule has 0 atom stereocenters. The van der Waals surface area contributed by atoms with Crippen molar-refractivity contribution in [2.75, 3.05) is 26.0 Å². The number of amides is 3. The highest BCUT2D eigenvalue weighted by Gasteiger charge is 2.27. The summed E-state index contributed by atoms with van der Waals surface area (Å²) in [5, 5.41) is 3.86. The van der Waals surface area contributed by atoms with Crippen molar-refractivity contribution < 1.29 is 14.3 Å². The standard InChI is InChI=1S/C21H19ClN4O4S/c1-12-9-16(17(30-2)10-14(12)22)26-19(28)13-5-3-4-6-15(13)24-21(26)31-11-18(27)25-8-7-23-20(25)29/h3-6,9-10H,7-8,11H2,1-2H3,(H,23,29). The van der Waals surface area contributed by atoms with Gasteiger partial charge in [-0.05, 0) is 30.7 Å². The number of para-hydroxylation sites is 1. The second-order valence-electron chi connectivity index (χ2n) is 6.89. The van der Waals surface area contributed by atoms with E-state index in [0.717, 1.165) is 22.2 Å². The van der Waals surface area contributed by atoms with Crippen LogP contribution in [-0.2, 0) is 4.79 Å². The zero-order valence-corrected chi connectivity index (χ0v) is 18.4. The van der Waals surface area contributed by atoms with Crippen molar-refractivity contribution >= 4 is 46.2 Å². The number of aromatic nitrogens is 2. The van der Waals surface area contributed by atoms with E-state index < -0.39 is 6.03 Å². The van der Waals surface area contributed by atoms with Crippen LogP contribution in [0, 0.1) is 6.92 Å². The summed E-state index contributed by atoms with van der Waals surface area (Å²) in [6.07, 6.45) is 0. The number of thioether (sulfide) groups is 1. The zero-order chi connectivity index (χ0) is 22.1. The Morgan fingerprint density at radius 2 is 2.06 bits per heavy atom. The number of fused-ring (bicyclic) bond motifs is 1. The van der Waals surface area contributed by atoms with Gasteiger partial charge in [-0.25, -0.2) is 9.78 Å². The number of aryl methyl sites for hydroxylation is 1. The molecule has 0 bridgehead atoms. The second-order valence-corrected chi connectivity index (χ2v) is 8.24. The summed E-state index contributed by atoms with van der Waals surface area (Å²) in [5.74, 6) is 0.00248. The molecule has 1 aliphatic heterocycles. The zero-order valence-electron chi connectivity index (χ0n) is 16.8.